The van der Waals surface area contributed by atoms with E-state index in [9.17, 15) is 9.59 Å². The average molecular weight is 282 g/mol. The van der Waals surface area contributed by atoms with Gasteiger partial charge in [0.25, 0.3) is 0 Å². The molecule has 1 heterocycles. The first-order chi connectivity index (χ1) is 9.04. The van der Waals surface area contributed by atoms with Gasteiger partial charge in [0.05, 0.1) is 6.54 Å². The molecule has 1 saturated carbocycles. The van der Waals surface area contributed by atoms with Gasteiger partial charge in [-0.05, 0) is 37.8 Å². The molecule has 2 rings (SSSR count). The number of carboxylic acid groups (broad SMARTS) is 1. The second-order valence-electron chi connectivity index (χ2n) is 4.89. The van der Waals surface area contributed by atoms with Gasteiger partial charge in [-0.2, -0.15) is 0 Å². The number of carboxylic acids is 1. The molecule has 19 heavy (non-hydrogen) atoms. The van der Waals surface area contributed by atoms with Crippen LogP contribution in [0.1, 0.15) is 22.6 Å². The van der Waals surface area contributed by atoms with E-state index in [2.05, 4.69) is 5.32 Å². The molecule has 0 saturated heterocycles. The maximum absolute atomic E-state index is 12.0. The first kappa shape index (κ1) is 13.9. The van der Waals surface area contributed by atoms with E-state index < -0.39 is 5.97 Å². The summed E-state index contributed by atoms with van der Waals surface area (Å²) in [6.07, 6.45) is 2.18. The molecule has 0 radical (unpaired) electrons. The highest BCUT2D eigenvalue weighted by Gasteiger charge is 2.27. The Bertz CT molecular complexity index is 468. The maximum Gasteiger partial charge on any atom is 0.323 e. The van der Waals surface area contributed by atoms with Crippen molar-refractivity contribution in [2.24, 2.45) is 5.92 Å². The molecule has 0 aliphatic heterocycles. The predicted octanol–water partition coefficient (Wildman–Crippen LogP) is 2.06. The van der Waals surface area contributed by atoms with Crippen LogP contribution in [0, 0.1) is 12.8 Å². The molecule has 6 heteroatoms. The summed E-state index contributed by atoms with van der Waals surface area (Å²) >= 11 is 1.63. The van der Waals surface area contributed by atoms with Gasteiger partial charge >= 0.3 is 12.0 Å². The van der Waals surface area contributed by atoms with E-state index >= 15 is 0 Å². The molecule has 1 aromatic heterocycles. The van der Waals surface area contributed by atoms with Gasteiger partial charge in [0.2, 0.25) is 0 Å². The molecule has 0 unspecified atom stereocenters. The minimum Gasteiger partial charge on any atom is -0.480 e. The lowest BCUT2D eigenvalue weighted by atomic mass is 10.3. The highest BCUT2D eigenvalue weighted by molar-refractivity contribution is 7.11. The first-order valence-electron chi connectivity index (χ1n) is 6.34. The number of carbonyl (C=O) groups excluding carboxylic acids is 1. The summed E-state index contributed by atoms with van der Waals surface area (Å²) in [4.78, 5) is 26.4. The summed E-state index contributed by atoms with van der Waals surface area (Å²) in [5.74, 6) is -0.489. The lowest BCUT2D eigenvalue weighted by molar-refractivity contribution is -0.137. The van der Waals surface area contributed by atoms with Crippen LogP contribution in [0.15, 0.2) is 12.1 Å². The zero-order valence-corrected chi connectivity index (χ0v) is 11.7. The van der Waals surface area contributed by atoms with Crippen molar-refractivity contribution in [2.45, 2.75) is 26.3 Å². The van der Waals surface area contributed by atoms with Crippen LogP contribution in [0.25, 0.3) is 0 Å². The van der Waals surface area contributed by atoms with E-state index in [1.807, 2.05) is 19.1 Å². The van der Waals surface area contributed by atoms with Crippen LogP contribution in [0.4, 0.5) is 4.79 Å². The van der Waals surface area contributed by atoms with Crippen molar-refractivity contribution >= 4 is 23.3 Å². The van der Waals surface area contributed by atoms with Crippen molar-refractivity contribution < 1.29 is 14.7 Å². The lowest BCUT2D eigenvalue weighted by Gasteiger charge is -2.20. The van der Waals surface area contributed by atoms with Crippen molar-refractivity contribution in [3.8, 4) is 0 Å². The zero-order valence-electron chi connectivity index (χ0n) is 10.9. The number of amides is 2. The first-order valence-corrected chi connectivity index (χ1v) is 7.16. The molecule has 1 aliphatic rings. The van der Waals surface area contributed by atoms with Crippen LogP contribution >= 0.6 is 11.3 Å². The van der Waals surface area contributed by atoms with E-state index in [0.29, 0.717) is 19.0 Å². The van der Waals surface area contributed by atoms with E-state index in [0.717, 1.165) is 17.7 Å². The van der Waals surface area contributed by atoms with Gasteiger partial charge in [-0.25, -0.2) is 4.79 Å². The topological polar surface area (TPSA) is 69.6 Å². The van der Waals surface area contributed by atoms with Crippen molar-refractivity contribution in [1.82, 2.24) is 10.2 Å². The smallest absolute Gasteiger partial charge is 0.323 e. The number of nitrogens with zero attached hydrogens (tertiary/aromatic N) is 1. The minimum atomic E-state index is -0.970. The summed E-state index contributed by atoms with van der Waals surface area (Å²) in [7, 11) is 0. The number of thiophene rings is 1. The number of carbonyl (C=O) groups is 2. The summed E-state index contributed by atoms with van der Waals surface area (Å²) in [5, 5.41) is 11.6. The number of urea groups is 1. The van der Waals surface area contributed by atoms with Gasteiger partial charge in [-0.3, -0.25) is 4.79 Å². The maximum atomic E-state index is 12.0. The average Bonchev–Trinajstić information content (AvgIpc) is 3.06. The number of hydrogen-bond donors (Lipinski definition) is 2. The van der Waals surface area contributed by atoms with Gasteiger partial charge < -0.3 is 15.3 Å². The number of nitrogens with one attached hydrogen (secondary N) is 1. The molecular weight excluding hydrogens is 264 g/mol. The second-order valence-corrected chi connectivity index (χ2v) is 6.26. The van der Waals surface area contributed by atoms with Crippen LogP contribution in [0.2, 0.25) is 0 Å². The van der Waals surface area contributed by atoms with E-state index in [4.69, 9.17) is 5.11 Å². The summed E-state index contributed by atoms with van der Waals surface area (Å²) in [6, 6.07) is 3.69. The lowest BCUT2D eigenvalue weighted by Crippen LogP contribution is -2.43. The molecule has 2 N–H and O–H groups in total. The molecule has 1 aliphatic carbocycles. The van der Waals surface area contributed by atoms with Gasteiger partial charge in [0, 0.05) is 16.3 Å². The fraction of sp³-hybridized carbons (Fsp3) is 0.538. The van der Waals surface area contributed by atoms with E-state index in [1.165, 1.54) is 9.78 Å². The van der Waals surface area contributed by atoms with Gasteiger partial charge in [0.15, 0.2) is 0 Å². The summed E-state index contributed by atoms with van der Waals surface area (Å²) < 4.78 is 0. The fourth-order valence-corrected chi connectivity index (χ4v) is 2.68. The monoisotopic (exact) mass is 282 g/mol. The summed E-state index contributed by atoms with van der Waals surface area (Å²) in [5.41, 5.74) is 0. The van der Waals surface area contributed by atoms with Crippen LogP contribution in [-0.4, -0.2) is 35.1 Å². The number of hydrogen-bond acceptors (Lipinski definition) is 3. The van der Waals surface area contributed by atoms with Crippen LogP contribution in [-0.2, 0) is 11.3 Å². The molecule has 2 amide bonds. The Morgan fingerprint density at radius 2 is 2.21 bits per heavy atom. The SMILES string of the molecule is Cc1ccc(CNC(=O)N(CC(=O)O)CC2CC2)s1. The normalized spacial score (nSPS) is 14.2. The Morgan fingerprint density at radius 3 is 2.74 bits per heavy atom. The Kier molecular flexibility index (Phi) is 4.42. The van der Waals surface area contributed by atoms with Crippen LogP contribution < -0.4 is 5.32 Å². The molecular formula is C13H18N2O3S. The third-order valence-electron chi connectivity index (χ3n) is 3.00. The molecule has 1 aromatic rings. The Labute approximate surface area is 116 Å². The predicted molar refractivity (Wildman–Crippen MR) is 73.2 cm³/mol. The largest absolute Gasteiger partial charge is 0.480 e. The molecule has 104 valence electrons. The summed E-state index contributed by atoms with van der Waals surface area (Å²) in [6.45, 7) is 2.78. The van der Waals surface area contributed by atoms with E-state index in [-0.39, 0.29) is 12.6 Å². The van der Waals surface area contributed by atoms with E-state index in [1.54, 1.807) is 11.3 Å². The van der Waals surface area contributed by atoms with Gasteiger partial charge in [-0.15, -0.1) is 11.3 Å². The van der Waals surface area contributed by atoms with Crippen molar-refractivity contribution in [3.05, 3.63) is 21.9 Å². The number of rotatable bonds is 6. The standard InChI is InChI=1S/C13H18N2O3S/c1-9-2-5-11(19-9)6-14-13(18)15(8-12(16)17)7-10-3-4-10/h2,5,10H,3-4,6-8H2,1H3,(H,14,18)(H,16,17). The zero-order chi connectivity index (χ0) is 13.8. The van der Waals surface area contributed by atoms with Crippen molar-refractivity contribution in [3.63, 3.8) is 0 Å². The van der Waals surface area contributed by atoms with Crippen LogP contribution in [0.5, 0.6) is 0 Å². The molecule has 0 bridgehead atoms. The quantitative estimate of drug-likeness (QED) is 0.839. The number of aryl methyl sites for hydroxylation is 1. The van der Waals surface area contributed by atoms with Gasteiger partial charge in [-0.1, -0.05) is 0 Å². The highest BCUT2D eigenvalue weighted by atomic mass is 32.1. The minimum absolute atomic E-state index is 0.230. The molecule has 1 fully saturated rings. The van der Waals surface area contributed by atoms with Crippen molar-refractivity contribution in [1.29, 1.82) is 0 Å². The third-order valence-corrected chi connectivity index (χ3v) is 4.00. The van der Waals surface area contributed by atoms with Gasteiger partial charge in [0.1, 0.15) is 6.54 Å². The molecule has 0 atom stereocenters. The highest BCUT2D eigenvalue weighted by Crippen LogP contribution is 2.29. The Hall–Kier alpha value is -1.56. The second kappa shape index (κ2) is 6.06. The van der Waals surface area contributed by atoms with Crippen molar-refractivity contribution in [2.75, 3.05) is 13.1 Å². The molecule has 0 spiro atoms. The molecule has 0 aromatic carbocycles. The Morgan fingerprint density at radius 1 is 1.47 bits per heavy atom. The fourth-order valence-electron chi connectivity index (χ4n) is 1.85. The van der Waals surface area contributed by atoms with Crippen LogP contribution in [0.3, 0.4) is 0 Å². The molecule has 5 nitrogen and oxygen atoms in total. The third kappa shape index (κ3) is 4.55. The Balaban J connectivity index is 1.85. The number of aliphatic carboxylic acids is 1.